The van der Waals surface area contributed by atoms with E-state index in [1.165, 1.54) is 11.0 Å². The van der Waals surface area contributed by atoms with E-state index in [4.69, 9.17) is 0 Å². The smallest absolute Gasteiger partial charge is 0.416 e. The van der Waals surface area contributed by atoms with Gasteiger partial charge in [0.15, 0.2) is 0 Å². The average Bonchev–Trinajstić information content (AvgIpc) is 3.07. The van der Waals surface area contributed by atoms with Crippen LogP contribution in [0.3, 0.4) is 0 Å². The van der Waals surface area contributed by atoms with Gasteiger partial charge in [-0.1, -0.05) is 6.07 Å². The first-order valence-electron chi connectivity index (χ1n) is 6.50. The predicted octanol–water partition coefficient (Wildman–Crippen LogP) is 2.25. The number of hydrogen-bond donors (Lipinski definition) is 1. The van der Waals surface area contributed by atoms with E-state index in [9.17, 15) is 27.9 Å². The van der Waals surface area contributed by atoms with E-state index in [-0.39, 0.29) is 17.4 Å². The molecule has 7 heteroatoms. The first-order chi connectivity index (χ1) is 9.79. The summed E-state index contributed by atoms with van der Waals surface area (Å²) in [7, 11) is 0. The number of benzene rings is 1. The molecule has 1 aliphatic heterocycles. The molecule has 0 aromatic heterocycles. The minimum atomic E-state index is -4.53. The molecular formula is C14H12F3NO3. The quantitative estimate of drug-likeness (QED) is 0.911. The number of rotatable bonds is 2. The lowest BCUT2D eigenvalue weighted by molar-refractivity contribution is -0.142. The first kappa shape index (κ1) is 13.9. The highest BCUT2D eigenvalue weighted by atomic mass is 19.4. The summed E-state index contributed by atoms with van der Waals surface area (Å²) in [5, 5.41) is 9.19. The summed E-state index contributed by atoms with van der Waals surface area (Å²) in [5.74, 6) is -1.64. The number of aliphatic carboxylic acids is 1. The molecule has 1 saturated carbocycles. The highest BCUT2D eigenvalue weighted by molar-refractivity contribution is 5.97. The Morgan fingerprint density at radius 2 is 2.00 bits per heavy atom. The van der Waals surface area contributed by atoms with Gasteiger partial charge < -0.3 is 10.0 Å². The molecule has 1 heterocycles. The molecule has 112 valence electrons. The zero-order valence-electron chi connectivity index (χ0n) is 10.8. The Balaban J connectivity index is 1.87. The topological polar surface area (TPSA) is 57.6 Å². The lowest BCUT2D eigenvalue weighted by Crippen LogP contribution is -2.43. The van der Waals surface area contributed by atoms with Gasteiger partial charge in [0.2, 0.25) is 0 Å². The molecule has 21 heavy (non-hydrogen) atoms. The lowest BCUT2D eigenvalue weighted by Gasteiger charge is -2.24. The molecule has 1 aliphatic carbocycles. The summed E-state index contributed by atoms with van der Waals surface area (Å²) in [6.07, 6.45) is -3.76. The van der Waals surface area contributed by atoms with Gasteiger partial charge in [-0.25, -0.2) is 4.79 Å². The fourth-order valence-corrected chi connectivity index (χ4v) is 2.99. The van der Waals surface area contributed by atoms with Crippen LogP contribution in [0.5, 0.6) is 0 Å². The number of carbonyl (C=O) groups excluding carboxylic acids is 1. The Bertz CT molecular complexity index is 614. The summed E-state index contributed by atoms with van der Waals surface area (Å²) in [4.78, 5) is 24.7. The molecule has 0 radical (unpaired) electrons. The largest absolute Gasteiger partial charge is 0.480 e. The third kappa shape index (κ3) is 2.36. The van der Waals surface area contributed by atoms with Crippen LogP contribution in [0.2, 0.25) is 0 Å². The molecule has 1 aromatic rings. The van der Waals surface area contributed by atoms with Crippen molar-refractivity contribution in [1.82, 2.24) is 4.90 Å². The third-order valence-electron chi connectivity index (χ3n) is 4.10. The molecule has 2 aliphatic rings. The molecule has 1 amide bonds. The monoisotopic (exact) mass is 299 g/mol. The van der Waals surface area contributed by atoms with Gasteiger partial charge in [-0.3, -0.25) is 4.79 Å². The maximum atomic E-state index is 12.7. The zero-order chi connectivity index (χ0) is 15.4. The van der Waals surface area contributed by atoms with E-state index in [0.717, 1.165) is 24.6 Å². The van der Waals surface area contributed by atoms with E-state index >= 15 is 0 Å². The third-order valence-corrected chi connectivity index (χ3v) is 4.10. The summed E-state index contributed by atoms with van der Waals surface area (Å²) >= 11 is 0. The number of nitrogens with zero attached hydrogens (tertiary/aromatic N) is 1. The minimum absolute atomic E-state index is 0.0581. The van der Waals surface area contributed by atoms with Crippen molar-refractivity contribution in [3.8, 4) is 0 Å². The second-order valence-electron chi connectivity index (χ2n) is 5.48. The molecule has 2 fully saturated rings. The van der Waals surface area contributed by atoms with Crippen molar-refractivity contribution in [3.05, 3.63) is 35.4 Å². The van der Waals surface area contributed by atoms with Crippen LogP contribution in [0, 0.1) is 11.8 Å². The summed E-state index contributed by atoms with van der Waals surface area (Å²) in [6, 6.07) is 3.17. The number of halogens is 3. The van der Waals surface area contributed by atoms with Gasteiger partial charge in [-0.05, 0) is 36.5 Å². The van der Waals surface area contributed by atoms with Crippen molar-refractivity contribution in [1.29, 1.82) is 0 Å². The molecular weight excluding hydrogens is 287 g/mol. The number of fused-ring (bicyclic) bond motifs is 1. The molecule has 0 bridgehead atoms. The van der Waals surface area contributed by atoms with Crippen molar-refractivity contribution in [2.24, 2.45) is 11.8 Å². The number of carbonyl (C=O) groups is 2. The zero-order valence-corrected chi connectivity index (χ0v) is 10.8. The number of hydrogen-bond acceptors (Lipinski definition) is 2. The van der Waals surface area contributed by atoms with Gasteiger partial charge in [-0.15, -0.1) is 0 Å². The summed E-state index contributed by atoms with van der Waals surface area (Å²) in [6.45, 7) is 0.302. The van der Waals surface area contributed by atoms with Crippen LogP contribution in [-0.4, -0.2) is 34.5 Å². The van der Waals surface area contributed by atoms with Gasteiger partial charge in [0.05, 0.1) is 5.56 Å². The average molecular weight is 299 g/mol. The Kier molecular flexibility index (Phi) is 2.96. The molecule has 1 saturated heterocycles. The summed E-state index contributed by atoms with van der Waals surface area (Å²) in [5.41, 5.74) is -1.04. The van der Waals surface area contributed by atoms with Crippen molar-refractivity contribution < 1.29 is 27.9 Å². The molecule has 1 N–H and O–H groups in total. The molecule has 0 spiro atoms. The highest BCUT2D eigenvalue weighted by Crippen LogP contribution is 2.50. The minimum Gasteiger partial charge on any atom is -0.480 e. The lowest BCUT2D eigenvalue weighted by atomic mass is 10.1. The maximum absolute atomic E-state index is 12.7. The molecule has 3 atom stereocenters. The van der Waals surface area contributed by atoms with Crippen LogP contribution >= 0.6 is 0 Å². The first-order valence-corrected chi connectivity index (χ1v) is 6.50. The van der Waals surface area contributed by atoms with E-state index < -0.39 is 29.7 Å². The normalized spacial score (nSPS) is 27.4. The summed E-state index contributed by atoms with van der Waals surface area (Å²) < 4.78 is 38.0. The standard InChI is InChI=1S/C14H12F3NO3/c15-14(16,17)9-3-1-2-7(4-9)12(19)18-6-8-5-10(8)11(18)13(20)21/h1-4,8,10-11H,5-6H2,(H,20,21)/t8-,10+,11+/m1/s1. The molecule has 3 rings (SSSR count). The fraction of sp³-hybridized carbons (Fsp3) is 0.429. The van der Waals surface area contributed by atoms with Crippen molar-refractivity contribution >= 4 is 11.9 Å². The number of carboxylic acids is 1. The second-order valence-corrected chi connectivity index (χ2v) is 5.48. The molecule has 0 unspecified atom stereocenters. The van der Waals surface area contributed by atoms with E-state index in [1.54, 1.807) is 0 Å². The number of carboxylic acid groups (broad SMARTS) is 1. The number of amides is 1. The Morgan fingerprint density at radius 3 is 2.62 bits per heavy atom. The van der Waals surface area contributed by atoms with Crippen molar-refractivity contribution in [2.45, 2.75) is 18.6 Å². The van der Waals surface area contributed by atoms with Gasteiger partial charge in [0.1, 0.15) is 6.04 Å². The van der Waals surface area contributed by atoms with Gasteiger partial charge in [0, 0.05) is 12.1 Å². The number of likely N-dealkylation sites (tertiary alicyclic amines) is 1. The maximum Gasteiger partial charge on any atom is 0.416 e. The van der Waals surface area contributed by atoms with Crippen LogP contribution in [0.4, 0.5) is 13.2 Å². The van der Waals surface area contributed by atoms with Crippen molar-refractivity contribution in [2.75, 3.05) is 6.54 Å². The SMILES string of the molecule is O=C(O)[C@@H]1[C@H]2C[C@@H]2CN1C(=O)c1cccc(C(F)(F)F)c1. The second kappa shape index (κ2) is 4.47. The number of alkyl halides is 3. The van der Waals surface area contributed by atoms with E-state index in [0.29, 0.717) is 6.54 Å². The van der Waals surface area contributed by atoms with Gasteiger partial charge >= 0.3 is 12.1 Å². The fourth-order valence-electron chi connectivity index (χ4n) is 2.99. The van der Waals surface area contributed by atoms with Gasteiger partial charge in [-0.2, -0.15) is 13.2 Å². The van der Waals surface area contributed by atoms with Gasteiger partial charge in [0.25, 0.3) is 5.91 Å². The molecule has 1 aromatic carbocycles. The Morgan fingerprint density at radius 1 is 1.29 bits per heavy atom. The van der Waals surface area contributed by atoms with Crippen LogP contribution < -0.4 is 0 Å². The Hall–Kier alpha value is -2.05. The van der Waals surface area contributed by atoms with Crippen LogP contribution in [0.1, 0.15) is 22.3 Å². The predicted molar refractivity (Wildman–Crippen MR) is 65.5 cm³/mol. The van der Waals surface area contributed by atoms with E-state index in [1.807, 2.05) is 0 Å². The Labute approximate surface area is 118 Å². The number of piperidine rings is 1. The highest BCUT2D eigenvalue weighted by Gasteiger charge is 2.57. The van der Waals surface area contributed by atoms with Crippen LogP contribution in [0.25, 0.3) is 0 Å². The van der Waals surface area contributed by atoms with Crippen molar-refractivity contribution in [3.63, 3.8) is 0 Å². The van der Waals surface area contributed by atoms with Crippen LogP contribution in [-0.2, 0) is 11.0 Å². The van der Waals surface area contributed by atoms with Crippen LogP contribution in [0.15, 0.2) is 24.3 Å². The molecule has 4 nitrogen and oxygen atoms in total. The van der Waals surface area contributed by atoms with E-state index in [2.05, 4.69) is 0 Å².